The van der Waals surface area contributed by atoms with Crippen molar-refractivity contribution in [2.45, 2.75) is 40.3 Å². The van der Waals surface area contributed by atoms with E-state index in [-0.39, 0.29) is 22.7 Å². The van der Waals surface area contributed by atoms with Crippen molar-refractivity contribution < 1.29 is 17.1 Å². The molecule has 0 N–H and O–H groups in total. The Labute approximate surface area is 316 Å². The third kappa shape index (κ3) is 7.96. The maximum atomic E-state index is 3.83. The van der Waals surface area contributed by atoms with Crippen molar-refractivity contribution in [1.29, 1.82) is 0 Å². The molecule has 0 aromatic heterocycles. The van der Waals surface area contributed by atoms with Crippen LogP contribution in [0.1, 0.15) is 29.2 Å². The zero-order valence-corrected chi connectivity index (χ0v) is 32.4. The second-order valence-electron chi connectivity index (χ2n) is 13.0. The average Bonchev–Trinajstić information content (AvgIpc) is 3.85. The van der Waals surface area contributed by atoms with Crippen molar-refractivity contribution in [1.82, 2.24) is 0 Å². The van der Waals surface area contributed by atoms with Gasteiger partial charge in [0.2, 0.25) is 0 Å². The molecular formula is C48H38FeP2. The largest absolute Gasteiger partial charge is 2.00 e. The summed E-state index contributed by atoms with van der Waals surface area (Å²) in [7, 11) is -1.57. The Morgan fingerprint density at radius 3 is 2.00 bits per heavy atom. The van der Waals surface area contributed by atoms with E-state index in [1.54, 1.807) is 0 Å². The van der Waals surface area contributed by atoms with Crippen molar-refractivity contribution in [3.63, 3.8) is 0 Å². The van der Waals surface area contributed by atoms with E-state index >= 15 is 0 Å². The summed E-state index contributed by atoms with van der Waals surface area (Å²) >= 11 is 0. The van der Waals surface area contributed by atoms with Gasteiger partial charge in [-0.3, -0.25) is 11.5 Å². The van der Waals surface area contributed by atoms with Crippen molar-refractivity contribution >= 4 is 60.0 Å². The van der Waals surface area contributed by atoms with Gasteiger partial charge in [-0.15, -0.1) is 30.0 Å². The van der Waals surface area contributed by atoms with Gasteiger partial charge in [-0.05, 0) is 93.0 Å². The van der Waals surface area contributed by atoms with Crippen LogP contribution in [0.15, 0.2) is 143 Å². The molecule has 1 unspecified atom stereocenters. The third-order valence-electron chi connectivity index (χ3n) is 9.10. The summed E-state index contributed by atoms with van der Waals surface area (Å²) < 4.78 is 0. The molecule has 8 rings (SSSR count). The van der Waals surface area contributed by atoms with Crippen LogP contribution < -0.4 is 31.7 Å². The van der Waals surface area contributed by atoms with E-state index in [2.05, 4.69) is 204 Å². The van der Waals surface area contributed by atoms with E-state index in [0.29, 0.717) is 0 Å². The van der Waals surface area contributed by atoms with E-state index < -0.39 is 15.8 Å². The van der Waals surface area contributed by atoms with Gasteiger partial charge in [0.15, 0.2) is 0 Å². The topological polar surface area (TPSA) is 0 Å². The summed E-state index contributed by atoms with van der Waals surface area (Å²) in [6, 6.07) is 36.9. The Balaban J connectivity index is 0.000000689. The zero-order chi connectivity index (χ0) is 34.6. The molecule has 0 fully saturated rings. The molecule has 2 atom stereocenters. The molecule has 0 heterocycles. The van der Waals surface area contributed by atoms with Gasteiger partial charge in [-0.25, -0.2) is 18.2 Å². The zero-order valence-electron chi connectivity index (χ0n) is 29.5. The van der Waals surface area contributed by atoms with Crippen LogP contribution in [-0.4, -0.2) is 5.66 Å². The van der Waals surface area contributed by atoms with Gasteiger partial charge in [-0.1, -0.05) is 132 Å². The third-order valence-corrected chi connectivity index (χ3v) is 14.4. The monoisotopic (exact) mass is 732 g/mol. The van der Waals surface area contributed by atoms with Crippen molar-refractivity contribution in [3.8, 4) is 0 Å². The van der Waals surface area contributed by atoms with Crippen LogP contribution in [0, 0.1) is 52.7 Å². The molecule has 3 heteroatoms. The number of hydrogen-bond donors (Lipinski definition) is 0. The second-order valence-corrected chi connectivity index (χ2v) is 17.6. The molecule has 3 aliphatic rings. The normalized spacial score (nSPS) is 14.4. The number of benzene rings is 5. The molecule has 0 nitrogen and oxygen atoms in total. The molecule has 2 radical (unpaired) electrons. The number of fused-ring (bicyclic) bond motifs is 2. The molecule has 248 valence electrons. The minimum absolute atomic E-state index is 0. The predicted octanol–water partition coefficient (Wildman–Crippen LogP) is 8.62. The molecular weight excluding hydrogens is 694 g/mol. The molecule has 0 spiro atoms. The smallest absolute Gasteiger partial charge is 0.288 e. The summed E-state index contributed by atoms with van der Waals surface area (Å²) in [6.07, 6.45) is 18.4. The Morgan fingerprint density at radius 1 is 0.706 bits per heavy atom. The summed E-state index contributed by atoms with van der Waals surface area (Å²) in [5.74, 6) is 0. The van der Waals surface area contributed by atoms with Gasteiger partial charge in [0.25, 0.3) is 0 Å². The molecule has 0 aliphatic heterocycles. The Morgan fingerprint density at radius 2 is 1.35 bits per heavy atom. The summed E-state index contributed by atoms with van der Waals surface area (Å²) in [6.45, 7) is 11.4. The van der Waals surface area contributed by atoms with Crippen molar-refractivity contribution in [3.05, 3.63) is 201 Å². The summed E-state index contributed by atoms with van der Waals surface area (Å²) in [4.78, 5) is 0. The van der Waals surface area contributed by atoms with E-state index in [9.17, 15) is 0 Å². The number of rotatable bonds is 7. The predicted molar refractivity (Wildman–Crippen MR) is 218 cm³/mol. The molecule has 0 saturated carbocycles. The van der Waals surface area contributed by atoms with Crippen LogP contribution in [0.2, 0.25) is 0 Å². The van der Waals surface area contributed by atoms with Gasteiger partial charge in [-0.2, -0.15) is 5.22 Å². The van der Waals surface area contributed by atoms with Crippen molar-refractivity contribution in [2.24, 2.45) is 0 Å². The maximum absolute atomic E-state index is 3.83. The fourth-order valence-electron chi connectivity index (χ4n) is 7.16. The van der Waals surface area contributed by atoms with Crippen LogP contribution in [0.5, 0.6) is 0 Å². The fourth-order valence-corrected chi connectivity index (χ4v) is 13.2. The van der Waals surface area contributed by atoms with E-state index in [0.717, 1.165) is 0 Å². The van der Waals surface area contributed by atoms with Crippen LogP contribution in [0.25, 0.3) is 22.9 Å². The SMILES string of the molecule is Cc1cc(C)cc(P(c2cc(C)cc(C)c2)[C@@H](C)C2=C=CC=C2P(c2cccc3c2=C[CH][CH-]C=3)c2cccc3ccccc23)c1.[C]1=C=C=C=[C-]1.[Fe+2]. The first-order valence-electron chi connectivity index (χ1n) is 17.0. The molecule has 0 bridgehead atoms. The second kappa shape index (κ2) is 16.4. The summed E-state index contributed by atoms with van der Waals surface area (Å²) in [5, 5.41) is 12.4. The summed E-state index contributed by atoms with van der Waals surface area (Å²) in [5.41, 5.74) is 18.3. The van der Waals surface area contributed by atoms with Gasteiger partial charge in [0, 0.05) is 11.2 Å². The van der Waals surface area contributed by atoms with E-state index in [1.807, 2.05) is 0 Å². The fraction of sp³-hybridized carbons (Fsp3) is 0.125. The Kier molecular flexibility index (Phi) is 11.7. The van der Waals surface area contributed by atoms with Crippen LogP contribution in [-0.2, 0) is 17.1 Å². The van der Waals surface area contributed by atoms with Crippen LogP contribution in [0.3, 0.4) is 0 Å². The van der Waals surface area contributed by atoms with Gasteiger partial charge >= 0.3 is 17.1 Å². The molecule has 51 heavy (non-hydrogen) atoms. The van der Waals surface area contributed by atoms with Crippen LogP contribution >= 0.6 is 15.8 Å². The first kappa shape index (κ1) is 36.5. The maximum Gasteiger partial charge on any atom is 2.00 e. The quantitative estimate of drug-likeness (QED) is 0.0681. The Hall–Kier alpha value is -4.31. The Bertz CT molecular complexity index is 2390. The molecule has 5 aromatic rings. The molecule has 0 saturated heterocycles. The molecule has 0 amide bonds. The number of hydrogen-bond acceptors (Lipinski definition) is 0. The average molecular weight is 733 g/mol. The van der Waals surface area contributed by atoms with Crippen LogP contribution in [0.4, 0.5) is 0 Å². The first-order valence-corrected chi connectivity index (χ1v) is 19.8. The standard InChI is InChI=1S/C43H38P2.C5.Fe/c1-29-23-30(2)26-36(25-29)44(37-27-31(3)24-32(4)28-37)33(5)38-19-12-22-41(38)45(42-20-10-15-34-13-6-8-17-39(34)42)43-21-11-16-35-14-7-9-18-40(35)43;1-2-4-5-3-1;/h6-18,20-28,33H,1-5H3;;/q2*-1;+2/t33-;;/m0../s1. The van der Waals surface area contributed by atoms with Gasteiger partial charge in [0.1, 0.15) is 0 Å². The minimum Gasteiger partial charge on any atom is -0.288 e. The molecule has 3 aliphatic carbocycles. The van der Waals surface area contributed by atoms with Crippen molar-refractivity contribution in [2.75, 3.05) is 0 Å². The van der Waals surface area contributed by atoms with Gasteiger partial charge < -0.3 is 0 Å². The molecule has 5 aromatic carbocycles. The van der Waals surface area contributed by atoms with E-state index in [1.165, 1.54) is 75.6 Å². The number of aryl methyl sites for hydroxylation is 4. The minimum atomic E-state index is -0.870. The van der Waals surface area contributed by atoms with E-state index in [4.69, 9.17) is 0 Å². The first-order chi connectivity index (χ1) is 24.4. The van der Waals surface area contributed by atoms with Gasteiger partial charge in [0.05, 0.1) is 0 Å². The number of allylic oxidation sites excluding steroid dienone is 5.